The van der Waals surface area contributed by atoms with E-state index in [9.17, 15) is 19.5 Å². The lowest BCUT2D eigenvalue weighted by Crippen LogP contribution is -2.35. The number of aryl methyl sites for hydroxylation is 1. The molecule has 0 bridgehead atoms. The number of piperidine rings is 1. The number of ether oxygens (including phenoxy) is 1. The van der Waals surface area contributed by atoms with Gasteiger partial charge in [-0.25, -0.2) is 19.7 Å². The molecule has 0 aliphatic carbocycles. The Hall–Kier alpha value is -4.74. The molecule has 216 valence electrons. The number of aromatic nitrogens is 3. The number of rotatable bonds is 10. The molecule has 1 aromatic carbocycles. The van der Waals surface area contributed by atoms with Crippen LogP contribution in [0.5, 0.6) is 5.75 Å². The zero-order valence-corrected chi connectivity index (χ0v) is 23.1. The van der Waals surface area contributed by atoms with Crippen molar-refractivity contribution in [1.82, 2.24) is 25.6 Å². The standard InChI is InChI=1S/C29H34N6O6/c1-3-30-29(40)41-17-20-4-6-21(7-5-20)22-8-9-24(31-15-22)35-12-10-19(11-13-35)14-23-33-18(2)27(38)26(34-23)28(39)32-16-25(36)37/h4-9,15,19,38H,3,10-14,16-17H2,1-2H3,(H,30,40)(H,32,39)(H,36,37). The average molecular weight is 563 g/mol. The van der Waals surface area contributed by atoms with Crippen LogP contribution in [0.15, 0.2) is 42.6 Å². The lowest BCUT2D eigenvalue weighted by molar-refractivity contribution is -0.135. The first-order valence-corrected chi connectivity index (χ1v) is 13.5. The lowest BCUT2D eigenvalue weighted by atomic mass is 9.93. The Morgan fingerprint density at radius 2 is 1.73 bits per heavy atom. The van der Waals surface area contributed by atoms with Crippen LogP contribution >= 0.6 is 0 Å². The smallest absolute Gasteiger partial charge is 0.407 e. The molecule has 2 aromatic heterocycles. The van der Waals surface area contributed by atoms with Crippen molar-refractivity contribution in [2.24, 2.45) is 5.92 Å². The third kappa shape index (κ3) is 7.90. The average Bonchev–Trinajstić information content (AvgIpc) is 2.97. The first kappa shape index (κ1) is 29.2. The van der Waals surface area contributed by atoms with E-state index in [1.54, 1.807) is 6.92 Å². The van der Waals surface area contributed by atoms with Crippen LogP contribution in [-0.4, -0.2) is 69.3 Å². The van der Waals surface area contributed by atoms with Gasteiger partial charge in [-0.15, -0.1) is 0 Å². The molecule has 12 nitrogen and oxygen atoms in total. The number of alkyl carbamates (subject to hydrolysis) is 1. The molecule has 1 saturated heterocycles. The van der Waals surface area contributed by atoms with Crippen LogP contribution in [0, 0.1) is 12.8 Å². The normalized spacial score (nSPS) is 13.5. The summed E-state index contributed by atoms with van der Waals surface area (Å²) in [5.74, 6) is -0.642. The second-order valence-corrected chi connectivity index (χ2v) is 9.84. The quantitative estimate of drug-likeness (QED) is 0.288. The highest BCUT2D eigenvalue weighted by molar-refractivity contribution is 5.96. The van der Waals surface area contributed by atoms with Crippen LogP contribution in [0.3, 0.4) is 0 Å². The zero-order valence-electron chi connectivity index (χ0n) is 23.1. The summed E-state index contributed by atoms with van der Waals surface area (Å²) >= 11 is 0. The van der Waals surface area contributed by atoms with Crippen molar-refractivity contribution in [1.29, 1.82) is 0 Å². The molecule has 1 aliphatic rings. The lowest BCUT2D eigenvalue weighted by Gasteiger charge is -2.32. The molecule has 4 rings (SSSR count). The summed E-state index contributed by atoms with van der Waals surface area (Å²) in [4.78, 5) is 50.0. The summed E-state index contributed by atoms with van der Waals surface area (Å²) in [6.45, 7) is 5.20. The van der Waals surface area contributed by atoms with E-state index in [1.807, 2.05) is 49.5 Å². The van der Waals surface area contributed by atoms with Gasteiger partial charge in [0.05, 0.1) is 5.69 Å². The fourth-order valence-electron chi connectivity index (χ4n) is 4.62. The molecule has 0 radical (unpaired) electrons. The SMILES string of the molecule is CCNC(=O)OCc1ccc(-c2ccc(N3CCC(Cc4nc(C)c(O)c(C(=O)NCC(=O)O)n4)CC3)nc2)cc1. The number of anilines is 1. The number of nitrogens with zero attached hydrogens (tertiary/aromatic N) is 4. The van der Waals surface area contributed by atoms with E-state index < -0.39 is 24.5 Å². The fourth-order valence-corrected chi connectivity index (χ4v) is 4.62. The van der Waals surface area contributed by atoms with Crippen LogP contribution in [0.2, 0.25) is 0 Å². The molecule has 0 spiro atoms. The largest absolute Gasteiger partial charge is 0.504 e. The highest BCUT2D eigenvalue weighted by Crippen LogP contribution is 2.27. The van der Waals surface area contributed by atoms with Crippen LogP contribution in [0.4, 0.5) is 10.6 Å². The summed E-state index contributed by atoms with van der Waals surface area (Å²) in [7, 11) is 0. The maximum Gasteiger partial charge on any atom is 0.407 e. The first-order valence-electron chi connectivity index (χ1n) is 13.5. The van der Waals surface area contributed by atoms with E-state index in [0.29, 0.717) is 24.7 Å². The highest BCUT2D eigenvalue weighted by atomic mass is 16.5. The molecule has 3 aromatic rings. The molecule has 0 saturated carbocycles. The van der Waals surface area contributed by atoms with Gasteiger partial charge in [-0.1, -0.05) is 24.3 Å². The summed E-state index contributed by atoms with van der Waals surface area (Å²) in [5, 5.41) is 23.8. The predicted molar refractivity (Wildman–Crippen MR) is 151 cm³/mol. The molecular weight excluding hydrogens is 528 g/mol. The number of aliphatic carboxylic acids is 1. The van der Waals surface area contributed by atoms with Crippen molar-refractivity contribution < 1.29 is 29.3 Å². The fraction of sp³-hybridized carbons (Fsp3) is 0.379. The number of amides is 2. The third-order valence-corrected chi connectivity index (χ3v) is 6.86. The summed E-state index contributed by atoms with van der Waals surface area (Å²) < 4.78 is 5.16. The molecule has 2 amide bonds. The van der Waals surface area contributed by atoms with Gasteiger partial charge >= 0.3 is 12.1 Å². The van der Waals surface area contributed by atoms with E-state index in [4.69, 9.17) is 9.84 Å². The van der Waals surface area contributed by atoms with Gasteiger partial charge in [-0.05, 0) is 55.9 Å². The van der Waals surface area contributed by atoms with E-state index in [2.05, 4.69) is 30.5 Å². The van der Waals surface area contributed by atoms with Gasteiger partial charge in [0.15, 0.2) is 11.4 Å². The van der Waals surface area contributed by atoms with Crippen molar-refractivity contribution in [3.63, 3.8) is 0 Å². The number of nitrogens with one attached hydrogen (secondary N) is 2. The summed E-state index contributed by atoms with van der Waals surface area (Å²) in [6.07, 6.45) is 3.73. The Bertz CT molecular complexity index is 1370. The molecule has 1 aliphatic heterocycles. The molecule has 0 atom stereocenters. The van der Waals surface area contributed by atoms with Gasteiger partial charge in [0, 0.05) is 37.8 Å². The molecule has 12 heteroatoms. The second-order valence-electron chi connectivity index (χ2n) is 9.84. The van der Waals surface area contributed by atoms with Gasteiger partial charge in [0.25, 0.3) is 5.91 Å². The molecular formula is C29H34N6O6. The molecule has 1 fully saturated rings. The molecule has 3 heterocycles. The summed E-state index contributed by atoms with van der Waals surface area (Å²) in [5.41, 5.74) is 2.97. The van der Waals surface area contributed by atoms with Crippen molar-refractivity contribution in [3.8, 4) is 16.9 Å². The summed E-state index contributed by atoms with van der Waals surface area (Å²) in [6, 6.07) is 11.9. The predicted octanol–water partition coefficient (Wildman–Crippen LogP) is 3.07. The Morgan fingerprint density at radius 1 is 1.02 bits per heavy atom. The number of carboxylic acids is 1. The molecule has 0 unspecified atom stereocenters. The Labute approximate surface area is 237 Å². The Kier molecular flexibility index (Phi) is 9.67. The zero-order chi connectivity index (χ0) is 29.4. The Balaban J connectivity index is 1.31. The van der Waals surface area contributed by atoms with Crippen molar-refractivity contribution >= 4 is 23.8 Å². The van der Waals surface area contributed by atoms with Crippen molar-refractivity contribution in [2.45, 2.75) is 39.7 Å². The van der Waals surface area contributed by atoms with E-state index >= 15 is 0 Å². The van der Waals surface area contributed by atoms with Crippen LogP contribution < -0.4 is 15.5 Å². The van der Waals surface area contributed by atoms with Gasteiger partial charge < -0.3 is 30.5 Å². The van der Waals surface area contributed by atoms with Crippen LogP contribution in [-0.2, 0) is 22.6 Å². The molecule has 41 heavy (non-hydrogen) atoms. The minimum atomic E-state index is -1.18. The first-order chi connectivity index (χ1) is 19.7. The Morgan fingerprint density at radius 3 is 2.37 bits per heavy atom. The van der Waals surface area contributed by atoms with Crippen LogP contribution in [0.1, 0.15) is 47.3 Å². The number of aromatic hydroxyl groups is 1. The van der Waals surface area contributed by atoms with E-state index in [1.165, 1.54) is 0 Å². The maximum atomic E-state index is 12.3. The minimum Gasteiger partial charge on any atom is -0.504 e. The van der Waals surface area contributed by atoms with Gasteiger partial charge in [-0.2, -0.15) is 0 Å². The van der Waals surface area contributed by atoms with E-state index in [-0.39, 0.29) is 23.7 Å². The van der Waals surface area contributed by atoms with Crippen LogP contribution in [0.25, 0.3) is 11.1 Å². The highest BCUT2D eigenvalue weighted by Gasteiger charge is 2.24. The second kappa shape index (κ2) is 13.6. The number of carbonyl (C=O) groups is 3. The van der Waals surface area contributed by atoms with Gasteiger partial charge in [0.2, 0.25) is 0 Å². The topological polar surface area (TPSA) is 167 Å². The monoisotopic (exact) mass is 562 g/mol. The van der Waals surface area contributed by atoms with E-state index in [0.717, 1.165) is 48.4 Å². The maximum absolute atomic E-state index is 12.3. The van der Waals surface area contributed by atoms with Gasteiger partial charge in [0.1, 0.15) is 24.8 Å². The number of carboxylic acid groups (broad SMARTS) is 1. The molecule has 4 N–H and O–H groups in total. The number of hydrogen-bond donors (Lipinski definition) is 4. The number of carbonyl (C=O) groups excluding carboxylic acids is 2. The number of pyridine rings is 1. The van der Waals surface area contributed by atoms with Crippen molar-refractivity contribution in [3.05, 3.63) is 65.4 Å². The van der Waals surface area contributed by atoms with Gasteiger partial charge in [-0.3, -0.25) is 9.59 Å². The number of benzene rings is 1. The van der Waals surface area contributed by atoms with Crippen molar-refractivity contribution in [2.75, 3.05) is 31.1 Å². The third-order valence-electron chi connectivity index (χ3n) is 6.86. The minimum absolute atomic E-state index is 0.209. The number of hydrogen-bond acceptors (Lipinski definition) is 9.